The number of halogens is 2. The summed E-state index contributed by atoms with van der Waals surface area (Å²) in [7, 11) is 0. The molecular weight excluding hydrogens is 417 g/mol. The molecule has 0 spiro atoms. The third kappa shape index (κ3) is 3.83. The van der Waals surface area contributed by atoms with E-state index in [1.54, 1.807) is 24.3 Å². The summed E-state index contributed by atoms with van der Waals surface area (Å²) in [4.78, 5) is 12.6. The van der Waals surface area contributed by atoms with Gasteiger partial charge in [0, 0.05) is 22.7 Å². The Hall–Kier alpha value is -1.71. The maximum atomic E-state index is 12.6. The molecule has 1 aromatic carbocycles. The van der Waals surface area contributed by atoms with Crippen molar-refractivity contribution in [3.05, 3.63) is 52.2 Å². The highest BCUT2D eigenvalue weighted by molar-refractivity contribution is 6.36. The van der Waals surface area contributed by atoms with Gasteiger partial charge in [-0.05, 0) is 105 Å². The third-order valence-corrected chi connectivity index (χ3v) is 8.13. The Bertz CT molecular complexity index is 958. The summed E-state index contributed by atoms with van der Waals surface area (Å²) in [5.41, 5.74) is 1.09. The first-order valence-corrected chi connectivity index (χ1v) is 11.7. The number of hydrogen-bond donors (Lipinski definition) is 1. The van der Waals surface area contributed by atoms with Gasteiger partial charge >= 0.3 is 0 Å². The van der Waals surface area contributed by atoms with Crippen LogP contribution in [0.25, 0.3) is 17.4 Å². The molecule has 4 aliphatic rings. The van der Waals surface area contributed by atoms with Gasteiger partial charge in [0.25, 0.3) is 0 Å². The van der Waals surface area contributed by atoms with E-state index in [4.69, 9.17) is 27.6 Å². The summed E-state index contributed by atoms with van der Waals surface area (Å²) in [5, 5.41) is 4.38. The van der Waals surface area contributed by atoms with Gasteiger partial charge in [-0.2, -0.15) is 0 Å². The molecule has 0 aliphatic heterocycles. The van der Waals surface area contributed by atoms with Crippen molar-refractivity contribution >= 4 is 35.2 Å². The summed E-state index contributed by atoms with van der Waals surface area (Å²) in [6, 6.07) is 9.20. The number of hydrogen-bond acceptors (Lipinski definition) is 2. The van der Waals surface area contributed by atoms with Gasteiger partial charge in [0.2, 0.25) is 5.91 Å². The molecule has 0 unspecified atom stereocenters. The van der Waals surface area contributed by atoms with Gasteiger partial charge in [0.05, 0.1) is 5.02 Å². The molecule has 1 amide bonds. The third-order valence-electron chi connectivity index (χ3n) is 7.59. The molecule has 1 aromatic heterocycles. The van der Waals surface area contributed by atoms with E-state index >= 15 is 0 Å². The molecule has 4 saturated carbocycles. The highest BCUT2D eigenvalue weighted by Crippen LogP contribution is 2.61. The lowest BCUT2D eigenvalue weighted by Gasteiger charge is -2.59. The molecule has 0 radical (unpaired) electrons. The van der Waals surface area contributed by atoms with Crippen LogP contribution < -0.4 is 5.32 Å². The molecule has 4 aliphatic carbocycles. The molecule has 2 aromatic rings. The zero-order valence-corrected chi connectivity index (χ0v) is 18.7. The molecule has 1 N–H and O–H groups in total. The topological polar surface area (TPSA) is 42.2 Å². The molecular formula is C25H27Cl2NO2. The second kappa shape index (κ2) is 7.76. The Morgan fingerprint density at radius 1 is 1.10 bits per heavy atom. The normalized spacial score (nSPS) is 30.7. The molecule has 1 atom stereocenters. The molecule has 3 nitrogen and oxygen atoms in total. The quantitative estimate of drug-likeness (QED) is 0.505. The fourth-order valence-electron chi connectivity index (χ4n) is 6.56. The molecule has 4 fully saturated rings. The van der Waals surface area contributed by atoms with Crippen molar-refractivity contribution in [2.75, 3.05) is 0 Å². The van der Waals surface area contributed by atoms with Crippen molar-refractivity contribution < 1.29 is 9.21 Å². The van der Waals surface area contributed by atoms with Crippen molar-refractivity contribution in [3.63, 3.8) is 0 Å². The summed E-state index contributed by atoms with van der Waals surface area (Å²) >= 11 is 12.2. The smallest absolute Gasteiger partial charge is 0.244 e. The van der Waals surface area contributed by atoms with Crippen molar-refractivity contribution in [1.29, 1.82) is 0 Å². The lowest BCUT2D eigenvalue weighted by atomic mass is 9.48. The van der Waals surface area contributed by atoms with E-state index < -0.39 is 0 Å². The maximum Gasteiger partial charge on any atom is 0.244 e. The molecule has 1 heterocycles. The number of benzene rings is 1. The summed E-state index contributed by atoms with van der Waals surface area (Å²) in [5.74, 6) is 3.86. The monoisotopic (exact) mass is 443 g/mol. The van der Waals surface area contributed by atoms with E-state index in [2.05, 4.69) is 12.2 Å². The molecule has 30 heavy (non-hydrogen) atoms. The van der Waals surface area contributed by atoms with Crippen LogP contribution >= 0.6 is 23.2 Å². The molecule has 6 rings (SSSR count). The van der Waals surface area contributed by atoms with Crippen LogP contribution in [0, 0.1) is 23.2 Å². The minimum Gasteiger partial charge on any atom is -0.457 e. The lowest BCUT2D eigenvalue weighted by Crippen LogP contribution is -2.55. The van der Waals surface area contributed by atoms with Crippen LogP contribution in [0.15, 0.2) is 40.8 Å². The van der Waals surface area contributed by atoms with Crippen molar-refractivity contribution in [2.24, 2.45) is 23.2 Å². The first-order valence-electron chi connectivity index (χ1n) is 10.9. The van der Waals surface area contributed by atoms with Gasteiger partial charge in [-0.1, -0.05) is 23.2 Å². The van der Waals surface area contributed by atoms with Crippen LogP contribution in [0.4, 0.5) is 0 Å². The van der Waals surface area contributed by atoms with Crippen molar-refractivity contribution in [1.82, 2.24) is 5.32 Å². The minimum atomic E-state index is -0.0549. The van der Waals surface area contributed by atoms with E-state index in [0.29, 0.717) is 27.0 Å². The van der Waals surface area contributed by atoms with E-state index in [1.165, 1.54) is 38.5 Å². The zero-order valence-electron chi connectivity index (χ0n) is 17.2. The number of furan rings is 1. The molecule has 4 bridgehead atoms. The average molecular weight is 444 g/mol. The number of carbonyl (C=O) groups excluding carboxylic acids is 1. The largest absolute Gasteiger partial charge is 0.457 e. The van der Waals surface area contributed by atoms with Gasteiger partial charge in [0.1, 0.15) is 11.5 Å². The molecule has 5 heteroatoms. The molecule has 0 saturated heterocycles. The van der Waals surface area contributed by atoms with Crippen LogP contribution in [0.5, 0.6) is 0 Å². The first kappa shape index (κ1) is 20.2. The highest BCUT2D eigenvalue weighted by atomic mass is 35.5. The van der Waals surface area contributed by atoms with Crippen LogP contribution in [-0.2, 0) is 4.79 Å². The fraction of sp³-hybridized carbons (Fsp3) is 0.480. The highest BCUT2D eigenvalue weighted by Gasteiger charge is 2.53. The van der Waals surface area contributed by atoms with E-state index in [1.807, 2.05) is 18.2 Å². The van der Waals surface area contributed by atoms with Crippen molar-refractivity contribution in [2.45, 2.75) is 51.5 Å². The van der Waals surface area contributed by atoms with Crippen molar-refractivity contribution in [3.8, 4) is 11.3 Å². The first-order chi connectivity index (χ1) is 14.4. The van der Waals surface area contributed by atoms with E-state index in [0.717, 1.165) is 23.3 Å². The number of amides is 1. The SMILES string of the molecule is C[C@H](NC(=O)/C=C/c1ccc(-c2ccc(Cl)cc2Cl)o1)C12CC3CC(CC(C3)C1)C2. The molecule has 158 valence electrons. The number of carbonyl (C=O) groups is 1. The van der Waals surface area contributed by atoms with Gasteiger partial charge in [-0.25, -0.2) is 0 Å². The second-order valence-electron chi connectivity index (χ2n) is 9.67. The fourth-order valence-corrected chi connectivity index (χ4v) is 7.06. The maximum absolute atomic E-state index is 12.6. The average Bonchev–Trinajstić information content (AvgIpc) is 3.14. The minimum absolute atomic E-state index is 0.0549. The van der Waals surface area contributed by atoms with Crippen LogP contribution in [-0.4, -0.2) is 11.9 Å². The van der Waals surface area contributed by atoms with E-state index in [-0.39, 0.29) is 11.9 Å². The predicted molar refractivity (Wildman–Crippen MR) is 121 cm³/mol. The zero-order chi connectivity index (χ0) is 20.9. The Kier molecular flexibility index (Phi) is 5.23. The van der Waals surface area contributed by atoms with Crippen LogP contribution in [0.2, 0.25) is 10.0 Å². The van der Waals surface area contributed by atoms with Gasteiger partial charge in [0.15, 0.2) is 0 Å². The van der Waals surface area contributed by atoms with Gasteiger partial charge < -0.3 is 9.73 Å². The Balaban J connectivity index is 1.23. The van der Waals surface area contributed by atoms with Gasteiger partial charge in [-0.3, -0.25) is 4.79 Å². The number of nitrogens with one attached hydrogen (secondary N) is 1. The lowest BCUT2D eigenvalue weighted by molar-refractivity contribution is -0.121. The van der Waals surface area contributed by atoms with Crippen LogP contribution in [0.3, 0.4) is 0 Å². The Morgan fingerprint density at radius 3 is 2.40 bits per heavy atom. The number of rotatable bonds is 5. The standard InChI is InChI=1S/C25H27Cl2NO2/c1-15(25-12-16-8-17(13-25)10-18(9-16)14-25)28-24(29)7-4-20-3-6-23(30-20)21-5-2-19(26)11-22(21)27/h2-7,11,15-18H,8-10,12-14H2,1H3,(H,28,29)/b7-4+/t15-,16?,17?,18?,25?/m0/s1. The van der Waals surface area contributed by atoms with Gasteiger partial charge in [-0.15, -0.1) is 0 Å². The van der Waals surface area contributed by atoms with E-state index in [9.17, 15) is 4.79 Å². The second-order valence-corrected chi connectivity index (χ2v) is 10.5. The summed E-state index contributed by atoms with van der Waals surface area (Å²) < 4.78 is 5.85. The summed E-state index contributed by atoms with van der Waals surface area (Å²) in [6.45, 7) is 2.20. The Labute approximate surface area is 187 Å². The summed E-state index contributed by atoms with van der Waals surface area (Å²) in [6.07, 6.45) is 11.4. The van der Waals surface area contributed by atoms with Crippen LogP contribution in [0.1, 0.15) is 51.2 Å². The Morgan fingerprint density at radius 2 is 1.77 bits per heavy atom. The predicted octanol–water partition coefficient (Wildman–Crippen LogP) is 6.99.